The highest BCUT2D eigenvalue weighted by Gasteiger charge is 2.23. The number of carboxylic acid groups (broad SMARTS) is 1. The van der Waals surface area contributed by atoms with Crippen LogP contribution in [-0.2, 0) is 0 Å². The van der Waals surface area contributed by atoms with Crippen LogP contribution < -0.4 is 0 Å². The molecule has 0 aromatic rings. The minimum Gasteiger partial charge on any atom is -0.465 e. The smallest absolute Gasteiger partial charge is 0.413 e. The molecule has 0 aliphatic carbocycles. The van der Waals surface area contributed by atoms with Crippen LogP contribution in [0.25, 0.3) is 0 Å². The Morgan fingerprint density at radius 1 is 1.92 bits per heavy atom. The summed E-state index contributed by atoms with van der Waals surface area (Å²) in [6.07, 6.45) is -0.919. The van der Waals surface area contributed by atoms with Crippen molar-refractivity contribution < 1.29 is 9.90 Å². The average Bonchev–Trinajstić information content (AvgIpc) is 2.37. The summed E-state index contributed by atoms with van der Waals surface area (Å²) in [5, 5.41) is 9.80. The summed E-state index contributed by atoms with van der Waals surface area (Å²) in [6.45, 7) is 5.04. The monoisotopic (exact) mass is 188 g/mol. The summed E-state index contributed by atoms with van der Waals surface area (Å²) in [5.74, 6) is 0. The molecule has 1 amide bonds. The van der Waals surface area contributed by atoms with Gasteiger partial charge in [-0.15, -0.1) is 0 Å². The molecule has 1 atom stereocenters. The lowest BCUT2D eigenvalue weighted by molar-refractivity contribution is 0.171. The first-order valence-electron chi connectivity index (χ1n) is 3.86. The number of carbonyl (C=O) groups is 1. The molecule has 12 heavy (non-hydrogen) atoms. The lowest BCUT2D eigenvalue weighted by Gasteiger charge is -2.15. The van der Waals surface area contributed by atoms with Crippen molar-refractivity contribution in [2.75, 3.05) is 13.1 Å². The van der Waals surface area contributed by atoms with Gasteiger partial charge in [0.05, 0.1) is 6.54 Å². The van der Waals surface area contributed by atoms with E-state index < -0.39 is 6.09 Å². The molecule has 68 valence electrons. The van der Waals surface area contributed by atoms with Crippen LogP contribution in [-0.4, -0.2) is 39.6 Å². The number of nitrogens with zero attached hydrogens (tertiary/aromatic N) is 2. The Kier molecular flexibility index (Phi) is 2.97. The van der Waals surface area contributed by atoms with Gasteiger partial charge in [-0.2, -0.15) is 0 Å². The van der Waals surface area contributed by atoms with E-state index in [4.69, 9.17) is 5.11 Å². The summed E-state index contributed by atoms with van der Waals surface area (Å²) in [6, 6.07) is 0. The van der Waals surface area contributed by atoms with Crippen molar-refractivity contribution >= 4 is 23.0 Å². The molecule has 1 heterocycles. The molecule has 5 heteroatoms. The fraction of sp³-hybridized carbons (Fsp3) is 0.714. The maximum atomic E-state index is 10.7. The van der Waals surface area contributed by atoms with Crippen LogP contribution >= 0.6 is 11.8 Å². The molecular weight excluding hydrogens is 176 g/mol. The highest BCUT2D eigenvalue weighted by atomic mass is 32.2. The molecule has 4 nitrogen and oxygen atoms in total. The predicted octanol–water partition coefficient (Wildman–Crippen LogP) is 1.48. The third-order valence-electron chi connectivity index (χ3n) is 1.57. The van der Waals surface area contributed by atoms with Crippen LogP contribution in [0.2, 0.25) is 0 Å². The fourth-order valence-corrected chi connectivity index (χ4v) is 1.95. The Bertz CT molecular complexity index is 217. The Morgan fingerprint density at radius 2 is 2.58 bits per heavy atom. The Morgan fingerprint density at radius 3 is 2.92 bits per heavy atom. The van der Waals surface area contributed by atoms with Gasteiger partial charge in [0.15, 0.2) is 5.17 Å². The van der Waals surface area contributed by atoms with Crippen LogP contribution in [0.1, 0.15) is 13.8 Å². The van der Waals surface area contributed by atoms with Gasteiger partial charge in [0.1, 0.15) is 0 Å². The number of thioether (sulfide) groups is 1. The number of hydrogen-bond acceptors (Lipinski definition) is 3. The molecule has 0 aromatic heterocycles. The third kappa shape index (κ3) is 1.91. The van der Waals surface area contributed by atoms with Crippen molar-refractivity contribution in [1.82, 2.24) is 4.90 Å². The second kappa shape index (κ2) is 3.80. The van der Waals surface area contributed by atoms with Crippen LogP contribution in [0.4, 0.5) is 4.79 Å². The van der Waals surface area contributed by atoms with Gasteiger partial charge in [-0.1, -0.05) is 18.7 Å². The van der Waals surface area contributed by atoms with Crippen molar-refractivity contribution in [1.29, 1.82) is 0 Å². The first kappa shape index (κ1) is 9.38. The summed E-state index contributed by atoms with van der Waals surface area (Å²) in [7, 11) is 0. The largest absolute Gasteiger partial charge is 0.465 e. The lowest BCUT2D eigenvalue weighted by atomic mass is 10.5. The molecule has 0 radical (unpaired) electrons. The van der Waals surface area contributed by atoms with E-state index in [1.165, 1.54) is 16.7 Å². The SMILES string of the molecule is CCN(C(=O)O)C1=NCC(C)S1. The molecular formula is C7H12N2O2S. The zero-order valence-electron chi connectivity index (χ0n) is 7.15. The summed E-state index contributed by atoms with van der Waals surface area (Å²) in [4.78, 5) is 16.1. The van der Waals surface area contributed by atoms with Crippen LogP contribution in [0.3, 0.4) is 0 Å². The molecule has 0 spiro atoms. The summed E-state index contributed by atoms with van der Waals surface area (Å²) < 4.78 is 0. The van der Waals surface area contributed by atoms with E-state index in [9.17, 15) is 4.79 Å². The number of amidine groups is 1. The zero-order valence-corrected chi connectivity index (χ0v) is 7.97. The van der Waals surface area contributed by atoms with E-state index in [1.807, 2.05) is 6.92 Å². The first-order valence-corrected chi connectivity index (χ1v) is 4.74. The first-order chi connectivity index (χ1) is 5.65. The number of hydrogen-bond donors (Lipinski definition) is 1. The van der Waals surface area contributed by atoms with Gasteiger partial charge >= 0.3 is 6.09 Å². The van der Waals surface area contributed by atoms with Gasteiger partial charge in [-0.3, -0.25) is 9.89 Å². The van der Waals surface area contributed by atoms with E-state index in [0.29, 0.717) is 17.0 Å². The minimum atomic E-state index is -0.919. The third-order valence-corrected chi connectivity index (χ3v) is 2.68. The van der Waals surface area contributed by atoms with Crippen molar-refractivity contribution in [2.45, 2.75) is 19.1 Å². The van der Waals surface area contributed by atoms with Crippen LogP contribution in [0.5, 0.6) is 0 Å². The molecule has 0 saturated carbocycles. The van der Waals surface area contributed by atoms with E-state index >= 15 is 0 Å². The van der Waals surface area contributed by atoms with Crippen molar-refractivity contribution in [3.8, 4) is 0 Å². The van der Waals surface area contributed by atoms with Gasteiger partial charge in [0.2, 0.25) is 0 Å². The molecule has 0 fully saturated rings. The predicted molar refractivity (Wildman–Crippen MR) is 49.8 cm³/mol. The van der Waals surface area contributed by atoms with Gasteiger partial charge in [0.25, 0.3) is 0 Å². The van der Waals surface area contributed by atoms with Crippen molar-refractivity contribution in [3.05, 3.63) is 0 Å². The number of aliphatic imine (C=N–C) groups is 1. The highest BCUT2D eigenvalue weighted by molar-refractivity contribution is 8.14. The van der Waals surface area contributed by atoms with Gasteiger partial charge in [-0.05, 0) is 6.92 Å². The van der Waals surface area contributed by atoms with E-state index in [-0.39, 0.29) is 0 Å². The quantitative estimate of drug-likeness (QED) is 0.678. The topological polar surface area (TPSA) is 52.9 Å². The molecule has 1 rings (SSSR count). The summed E-state index contributed by atoms with van der Waals surface area (Å²) >= 11 is 1.52. The van der Waals surface area contributed by atoms with Crippen LogP contribution in [0, 0.1) is 0 Å². The number of amides is 1. The highest BCUT2D eigenvalue weighted by Crippen LogP contribution is 2.22. The molecule has 1 N–H and O–H groups in total. The standard InChI is InChI=1S/C7H12N2O2S/c1-3-9(7(10)11)6-8-4-5(2)12-6/h5H,3-4H2,1-2H3,(H,10,11). The Hall–Kier alpha value is -0.710. The average molecular weight is 188 g/mol. The maximum absolute atomic E-state index is 10.7. The van der Waals surface area contributed by atoms with Gasteiger partial charge < -0.3 is 5.11 Å². The lowest BCUT2D eigenvalue weighted by Crippen LogP contribution is -2.32. The second-order valence-electron chi connectivity index (χ2n) is 2.58. The van der Waals surface area contributed by atoms with E-state index in [1.54, 1.807) is 6.92 Å². The molecule has 1 unspecified atom stereocenters. The molecule has 1 aliphatic rings. The van der Waals surface area contributed by atoms with E-state index in [2.05, 4.69) is 4.99 Å². The fourth-order valence-electron chi connectivity index (χ4n) is 0.962. The minimum absolute atomic E-state index is 0.411. The maximum Gasteiger partial charge on any atom is 0.413 e. The second-order valence-corrected chi connectivity index (χ2v) is 3.98. The molecule has 1 aliphatic heterocycles. The van der Waals surface area contributed by atoms with Crippen molar-refractivity contribution in [2.24, 2.45) is 4.99 Å². The zero-order chi connectivity index (χ0) is 9.14. The Labute approximate surface area is 75.7 Å². The van der Waals surface area contributed by atoms with Gasteiger partial charge in [0, 0.05) is 11.8 Å². The number of rotatable bonds is 1. The molecule has 0 saturated heterocycles. The van der Waals surface area contributed by atoms with E-state index in [0.717, 1.165) is 6.54 Å². The molecule has 0 aromatic carbocycles. The normalized spacial score (nSPS) is 22.2. The van der Waals surface area contributed by atoms with Gasteiger partial charge in [-0.25, -0.2) is 4.79 Å². The van der Waals surface area contributed by atoms with Crippen LogP contribution in [0.15, 0.2) is 4.99 Å². The summed E-state index contributed by atoms with van der Waals surface area (Å²) in [5.41, 5.74) is 0. The Balaban J connectivity index is 2.62. The van der Waals surface area contributed by atoms with Crippen molar-refractivity contribution in [3.63, 3.8) is 0 Å². The molecule has 0 bridgehead atoms.